The number of amides is 1. The Labute approximate surface area is 127 Å². The van der Waals surface area contributed by atoms with Gasteiger partial charge in [-0.1, -0.05) is 0 Å². The fourth-order valence-corrected chi connectivity index (χ4v) is 1.80. The van der Waals surface area contributed by atoms with E-state index in [-0.39, 0.29) is 5.76 Å². The van der Waals surface area contributed by atoms with E-state index >= 15 is 0 Å². The van der Waals surface area contributed by atoms with Gasteiger partial charge in [-0.3, -0.25) is 4.79 Å². The zero-order valence-corrected chi connectivity index (χ0v) is 12.5. The van der Waals surface area contributed by atoms with E-state index < -0.39 is 5.91 Å². The van der Waals surface area contributed by atoms with Gasteiger partial charge in [-0.25, -0.2) is 5.43 Å². The molecule has 0 saturated heterocycles. The van der Waals surface area contributed by atoms with E-state index in [1.54, 1.807) is 24.3 Å². The maximum atomic E-state index is 11.7. The third-order valence-corrected chi connectivity index (χ3v) is 2.81. The summed E-state index contributed by atoms with van der Waals surface area (Å²) in [4.78, 5) is 11.7. The summed E-state index contributed by atoms with van der Waals surface area (Å²) in [5, 5.41) is 3.87. The minimum absolute atomic E-state index is 0.182. The lowest BCUT2D eigenvalue weighted by Gasteiger charge is -2.12. The van der Waals surface area contributed by atoms with Crippen molar-refractivity contribution >= 4 is 12.1 Å². The minimum Gasteiger partial charge on any atom is -0.493 e. The second-order valence-electron chi connectivity index (χ2n) is 4.14. The molecule has 1 amide bonds. The Kier molecular flexibility index (Phi) is 5.02. The molecule has 1 heterocycles. The topological polar surface area (TPSA) is 82.3 Å². The van der Waals surface area contributed by atoms with Crippen LogP contribution in [0.25, 0.3) is 0 Å². The predicted octanol–water partition coefficient (Wildman–Crippen LogP) is 2.07. The lowest BCUT2D eigenvalue weighted by atomic mass is 10.2. The lowest BCUT2D eigenvalue weighted by molar-refractivity contribution is 0.0927. The van der Waals surface area contributed by atoms with E-state index in [9.17, 15) is 4.79 Å². The molecule has 1 N–H and O–H groups in total. The Morgan fingerprint density at radius 3 is 2.36 bits per heavy atom. The van der Waals surface area contributed by atoms with Crippen LogP contribution in [0.1, 0.15) is 16.1 Å². The molecule has 0 aliphatic rings. The van der Waals surface area contributed by atoms with Gasteiger partial charge in [-0.05, 0) is 24.3 Å². The Hall–Kier alpha value is -2.96. The highest BCUT2D eigenvalue weighted by Gasteiger charge is 2.12. The van der Waals surface area contributed by atoms with Crippen LogP contribution < -0.4 is 19.6 Å². The number of carbonyl (C=O) groups is 1. The quantitative estimate of drug-likeness (QED) is 0.652. The number of furan rings is 1. The van der Waals surface area contributed by atoms with E-state index in [4.69, 9.17) is 18.6 Å². The van der Waals surface area contributed by atoms with Crippen molar-refractivity contribution in [3.8, 4) is 17.2 Å². The third kappa shape index (κ3) is 3.38. The van der Waals surface area contributed by atoms with Gasteiger partial charge in [0.05, 0.1) is 33.8 Å². The van der Waals surface area contributed by atoms with Gasteiger partial charge in [0, 0.05) is 5.56 Å². The van der Waals surface area contributed by atoms with Crippen LogP contribution in [0.4, 0.5) is 0 Å². The number of rotatable bonds is 6. The van der Waals surface area contributed by atoms with Crippen LogP contribution in [0.5, 0.6) is 17.2 Å². The Bertz CT molecular complexity index is 640. The van der Waals surface area contributed by atoms with Crippen LogP contribution in [0, 0.1) is 0 Å². The van der Waals surface area contributed by atoms with Gasteiger partial charge in [0.2, 0.25) is 5.75 Å². The van der Waals surface area contributed by atoms with Crippen LogP contribution in [0.3, 0.4) is 0 Å². The summed E-state index contributed by atoms with van der Waals surface area (Å²) in [5.41, 5.74) is 3.04. The fraction of sp³-hybridized carbons (Fsp3) is 0.200. The highest BCUT2D eigenvalue weighted by Crippen LogP contribution is 2.37. The average Bonchev–Trinajstić information content (AvgIpc) is 3.08. The molecule has 0 bridgehead atoms. The molecule has 116 valence electrons. The minimum atomic E-state index is -0.436. The van der Waals surface area contributed by atoms with Crippen molar-refractivity contribution in [2.75, 3.05) is 21.3 Å². The Balaban J connectivity index is 2.15. The van der Waals surface area contributed by atoms with Crippen molar-refractivity contribution in [3.05, 3.63) is 41.9 Å². The number of ether oxygens (including phenoxy) is 3. The first-order chi connectivity index (χ1) is 10.7. The zero-order valence-electron chi connectivity index (χ0n) is 12.5. The molecular weight excluding hydrogens is 288 g/mol. The number of nitrogens with zero attached hydrogens (tertiary/aromatic N) is 1. The lowest BCUT2D eigenvalue weighted by Crippen LogP contribution is -2.16. The predicted molar refractivity (Wildman–Crippen MR) is 79.9 cm³/mol. The monoisotopic (exact) mass is 304 g/mol. The van der Waals surface area contributed by atoms with Crippen molar-refractivity contribution < 1.29 is 23.4 Å². The van der Waals surface area contributed by atoms with E-state index in [1.807, 2.05) is 0 Å². The van der Waals surface area contributed by atoms with Crippen LogP contribution in [0.2, 0.25) is 0 Å². The summed E-state index contributed by atoms with van der Waals surface area (Å²) in [6.07, 6.45) is 2.88. The zero-order chi connectivity index (χ0) is 15.9. The van der Waals surface area contributed by atoms with Gasteiger partial charge in [0.15, 0.2) is 17.3 Å². The molecule has 0 saturated carbocycles. The number of methoxy groups -OCH3 is 3. The first-order valence-electron chi connectivity index (χ1n) is 6.36. The number of hydrogen-bond donors (Lipinski definition) is 1. The summed E-state index contributed by atoms with van der Waals surface area (Å²) in [7, 11) is 4.57. The summed E-state index contributed by atoms with van der Waals surface area (Å²) in [6.45, 7) is 0. The second kappa shape index (κ2) is 7.16. The van der Waals surface area contributed by atoms with Crippen LogP contribution >= 0.6 is 0 Å². The average molecular weight is 304 g/mol. The maximum absolute atomic E-state index is 11.7. The molecule has 0 atom stereocenters. The van der Waals surface area contributed by atoms with E-state index in [2.05, 4.69) is 10.5 Å². The van der Waals surface area contributed by atoms with Gasteiger partial charge in [-0.15, -0.1) is 0 Å². The SMILES string of the molecule is COc1cc(C=NNC(=O)c2ccco2)cc(OC)c1OC. The van der Waals surface area contributed by atoms with E-state index in [0.717, 1.165) is 0 Å². The van der Waals surface area contributed by atoms with Crippen molar-refractivity contribution in [3.63, 3.8) is 0 Å². The molecule has 1 aromatic heterocycles. The summed E-state index contributed by atoms with van der Waals surface area (Å²) < 4.78 is 20.7. The first kappa shape index (κ1) is 15.4. The number of nitrogens with one attached hydrogen (secondary N) is 1. The molecule has 0 aliphatic carbocycles. The fourth-order valence-electron chi connectivity index (χ4n) is 1.80. The van der Waals surface area contributed by atoms with Crippen molar-refractivity contribution in [2.45, 2.75) is 0 Å². The highest BCUT2D eigenvalue weighted by molar-refractivity contribution is 5.92. The van der Waals surface area contributed by atoms with Gasteiger partial charge in [0.1, 0.15) is 0 Å². The molecule has 0 fully saturated rings. The number of hydrazone groups is 1. The van der Waals surface area contributed by atoms with Gasteiger partial charge in [0.25, 0.3) is 0 Å². The normalized spacial score (nSPS) is 10.5. The van der Waals surface area contributed by atoms with Crippen LogP contribution in [-0.4, -0.2) is 33.5 Å². The molecule has 7 heteroatoms. The molecule has 0 unspecified atom stereocenters. The highest BCUT2D eigenvalue weighted by atomic mass is 16.5. The molecule has 1 aromatic carbocycles. The molecule has 2 aromatic rings. The maximum Gasteiger partial charge on any atom is 0.307 e. The van der Waals surface area contributed by atoms with Crippen molar-refractivity contribution in [1.29, 1.82) is 0 Å². The largest absolute Gasteiger partial charge is 0.493 e. The summed E-state index contributed by atoms with van der Waals surface area (Å²) in [6, 6.07) is 6.59. The number of benzene rings is 1. The third-order valence-electron chi connectivity index (χ3n) is 2.81. The second-order valence-corrected chi connectivity index (χ2v) is 4.14. The van der Waals surface area contributed by atoms with E-state index in [0.29, 0.717) is 22.8 Å². The van der Waals surface area contributed by atoms with Crippen molar-refractivity contribution in [2.24, 2.45) is 5.10 Å². The van der Waals surface area contributed by atoms with Crippen molar-refractivity contribution in [1.82, 2.24) is 5.43 Å². The number of carbonyl (C=O) groups excluding carboxylic acids is 1. The molecule has 0 spiro atoms. The van der Waals surface area contributed by atoms with Gasteiger partial charge >= 0.3 is 5.91 Å². The smallest absolute Gasteiger partial charge is 0.307 e. The Morgan fingerprint density at radius 2 is 1.86 bits per heavy atom. The molecule has 0 radical (unpaired) electrons. The Morgan fingerprint density at radius 1 is 1.18 bits per heavy atom. The summed E-state index contributed by atoms with van der Waals surface area (Å²) in [5.74, 6) is 1.24. The van der Waals surface area contributed by atoms with Crippen LogP contribution in [-0.2, 0) is 0 Å². The molecule has 7 nitrogen and oxygen atoms in total. The molecule has 22 heavy (non-hydrogen) atoms. The van der Waals surface area contributed by atoms with Crippen LogP contribution in [0.15, 0.2) is 40.0 Å². The van der Waals surface area contributed by atoms with Gasteiger partial charge in [-0.2, -0.15) is 5.10 Å². The molecular formula is C15H16N2O5. The molecule has 2 rings (SSSR count). The standard InChI is InChI=1S/C15H16N2O5/c1-19-12-7-10(8-13(20-2)14(12)21-3)9-16-17-15(18)11-5-4-6-22-11/h4-9H,1-3H3,(H,17,18). The summed E-state index contributed by atoms with van der Waals surface area (Å²) >= 11 is 0. The van der Waals surface area contributed by atoms with E-state index in [1.165, 1.54) is 33.8 Å². The molecule has 0 aliphatic heterocycles. The first-order valence-corrected chi connectivity index (χ1v) is 6.36. The van der Waals surface area contributed by atoms with Gasteiger partial charge < -0.3 is 18.6 Å². The number of hydrogen-bond acceptors (Lipinski definition) is 6.